The van der Waals surface area contributed by atoms with Gasteiger partial charge >= 0.3 is 6.18 Å². The Morgan fingerprint density at radius 3 is 2.62 bits per heavy atom. The van der Waals surface area contributed by atoms with E-state index in [1.54, 1.807) is 6.07 Å². The highest BCUT2D eigenvalue weighted by Gasteiger charge is 2.28. The van der Waals surface area contributed by atoms with Crippen LogP contribution in [0.25, 0.3) is 0 Å². The summed E-state index contributed by atoms with van der Waals surface area (Å²) in [7, 11) is 0. The molecule has 1 heterocycles. The van der Waals surface area contributed by atoms with Crippen molar-refractivity contribution in [1.29, 1.82) is 0 Å². The first-order valence-corrected chi connectivity index (χ1v) is 3.72. The van der Waals surface area contributed by atoms with Crippen LogP contribution in [0.5, 0.6) is 0 Å². The fourth-order valence-corrected chi connectivity index (χ4v) is 0.957. The Hall–Kier alpha value is -1.10. The van der Waals surface area contributed by atoms with Gasteiger partial charge in [0.05, 0.1) is 6.42 Å². The van der Waals surface area contributed by atoms with Gasteiger partial charge in [0.15, 0.2) is 0 Å². The van der Waals surface area contributed by atoms with Gasteiger partial charge in [0.2, 0.25) is 0 Å². The van der Waals surface area contributed by atoms with Gasteiger partial charge in [-0.05, 0) is 17.7 Å². The van der Waals surface area contributed by atoms with Gasteiger partial charge in [0, 0.05) is 18.4 Å². The second kappa shape index (κ2) is 3.74. The lowest BCUT2D eigenvalue weighted by Gasteiger charge is -2.05. The van der Waals surface area contributed by atoms with Crippen LogP contribution in [0.3, 0.4) is 0 Å². The van der Waals surface area contributed by atoms with Crippen molar-refractivity contribution in [3.8, 4) is 0 Å². The molecule has 0 atom stereocenters. The van der Waals surface area contributed by atoms with E-state index in [0.29, 0.717) is 5.56 Å². The topological polar surface area (TPSA) is 38.9 Å². The van der Waals surface area contributed by atoms with Crippen LogP contribution in [0.4, 0.5) is 13.2 Å². The number of halogens is 3. The minimum absolute atomic E-state index is 0.00968. The van der Waals surface area contributed by atoms with Crippen LogP contribution in [0, 0.1) is 0 Å². The molecule has 1 rings (SSSR count). The van der Waals surface area contributed by atoms with Crippen molar-refractivity contribution >= 4 is 0 Å². The molecule has 0 fully saturated rings. The summed E-state index contributed by atoms with van der Waals surface area (Å²) in [5.41, 5.74) is 5.94. The van der Waals surface area contributed by atoms with E-state index in [-0.39, 0.29) is 12.2 Å². The maximum Gasteiger partial charge on any atom is 0.394 e. The number of rotatable bonds is 2. The zero-order valence-electron chi connectivity index (χ0n) is 6.80. The van der Waals surface area contributed by atoms with Gasteiger partial charge < -0.3 is 5.73 Å². The maximum atomic E-state index is 11.9. The zero-order chi connectivity index (χ0) is 9.90. The van der Waals surface area contributed by atoms with E-state index in [0.717, 1.165) is 0 Å². The van der Waals surface area contributed by atoms with Crippen molar-refractivity contribution in [3.63, 3.8) is 0 Å². The van der Waals surface area contributed by atoms with E-state index >= 15 is 0 Å². The molecule has 0 aromatic carbocycles. The number of hydrogen-bond donors (Lipinski definition) is 1. The number of hydrogen-bond acceptors (Lipinski definition) is 2. The van der Waals surface area contributed by atoms with Crippen molar-refractivity contribution < 1.29 is 13.2 Å². The first-order valence-electron chi connectivity index (χ1n) is 3.72. The van der Waals surface area contributed by atoms with Crippen molar-refractivity contribution in [2.24, 2.45) is 5.73 Å². The SMILES string of the molecule is NCc1ccnc(CC(F)(F)F)c1. The van der Waals surface area contributed by atoms with E-state index in [4.69, 9.17) is 5.73 Å². The fraction of sp³-hybridized carbons (Fsp3) is 0.375. The number of nitrogens with two attached hydrogens (primary N) is 1. The summed E-state index contributed by atoms with van der Waals surface area (Å²) in [5, 5.41) is 0. The third-order valence-electron chi connectivity index (χ3n) is 1.50. The molecular formula is C8H9F3N2. The standard InChI is InChI=1S/C8H9F3N2/c9-8(10,11)4-7-3-6(5-12)1-2-13-7/h1-3H,4-5,12H2. The van der Waals surface area contributed by atoms with Gasteiger partial charge in [-0.25, -0.2) is 0 Å². The Kier molecular flexibility index (Phi) is 2.87. The Morgan fingerprint density at radius 1 is 1.38 bits per heavy atom. The Morgan fingerprint density at radius 2 is 2.08 bits per heavy atom. The summed E-state index contributed by atoms with van der Waals surface area (Å²) in [6, 6.07) is 2.97. The van der Waals surface area contributed by atoms with Crippen molar-refractivity contribution in [2.45, 2.75) is 19.1 Å². The third kappa shape index (κ3) is 3.42. The minimum Gasteiger partial charge on any atom is -0.326 e. The molecule has 0 bridgehead atoms. The second-order valence-electron chi connectivity index (χ2n) is 2.65. The quantitative estimate of drug-likeness (QED) is 0.770. The Balaban J connectivity index is 2.78. The van der Waals surface area contributed by atoms with E-state index < -0.39 is 12.6 Å². The first kappa shape index (κ1) is 9.98. The molecule has 0 saturated heterocycles. The molecule has 1 aromatic heterocycles. The molecule has 0 aliphatic carbocycles. The molecule has 0 amide bonds. The van der Waals surface area contributed by atoms with Gasteiger partial charge in [-0.2, -0.15) is 13.2 Å². The molecule has 1 aromatic rings. The van der Waals surface area contributed by atoms with Crippen LogP contribution in [0.15, 0.2) is 18.3 Å². The number of nitrogens with zero attached hydrogens (tertiary/aromatic N) is 1. The first-order chi connectivity index (χ1) is 6.01. The summed E-state index contributed by atoms with van der Waals surface area (Å²) in [4.78, 5) is 3.60. The summed E-state index contributed by atoms with van der Waals surface area (Å²) in [5.74, 6) is 0. The molecule has 0 unspecified atom stereocenters. The summed E-state index contributed by atoms with van der Waals surface area (Å²) < 4.78 is 35.7. The lowest BCUT2D eigenvalue weighted by Crippen LogP contribution is -2.13. The van der Waals surface area contributed by atoms with Crippen LogP contribution < -0.4 is 5.73 Å². The molecular weight excluding hydrogens is 181 g/mol. The van der Waals surface area contributed by atoms with E-state index in [1.807, 2.05) is 0 Å². The molecule has 5 heteroatoms. The molecule has 0 aliphatic heterocycles. The van der Waals surface area contributed by atoms with Crippen LogP contribution in [-0.2, 0) is 13.0 Å². The van der Waals surface area contributed by atoms with E-state index in [2.05, 4.69) is 4.98 Å². The van der Waals surface area contributed by atoms with Crippen LogP contribution in [-0.4, -0.2) is 11.2 Å². The van der Waals surface area contributed by atoms with Crippen molar-refractivity contribution in [3.05, 3.63) is 29.6 Å². The molecule has 2 N–H and O–H groups in total. The highest BCUT2D eigenvalue weighted by Crippen LogP contribution is 2.20. The number of aromatic nitrogens is 1. The largest absolute Gasteiger partial charge is 0.394 e. The molecule has 0 saturated carbocycles. The average molecular weight is 190 g/mol. The highest BCUT2D eigenvalue weighted by atomic mass is 19.4. The summed E-state index contributed by atoms with van der Waals surface area (Å²) >= 11 is 0. The van der Waals surface area contributed by atoms with Gasteiger partial charge in [-0.1, -0.05) is 0 Å². The second-order valence-corrected chi connectivity index (χ2v) is 2.65. The fourth-order valence-electron chi connectivity index (χ4n) is 0.957. The zero-order valence-corrected chi connectivity index (χ0v) is 6.80. The summed E-state index contributed by atoms with van der Waals surface area (Å²) in [6.45, 7) is 0.230. The van der Waals surface area contributed by atoms with Gasteiger partial charge in [0.25, 0.3) is 0 Å². The number of pyridine rings is 1. The smallest absolute Gasteiger partial charge is 0.326 e. The van der Waals surface area contributed by atoms with Crippen LogP contribution in [0.1, 0.15) is 11.3 Å². The summed E-state index contributed by atoms with van der Waals surface area (Å²) in [6.07, 6.45) is -3.87. The lowest BCUT2D eigenvalue weighted by atomic mass is 10.2. The molecule has 72 valence electrons. The number of alkyl halides is 3. The normalized spacial score (nSPS) is 11.7. The Bertz CT molecular complexity index is 283. The predicted molar refractivity (Wildman–Crippen MR) is 41.9 cm³/mol. The molecule has 2 nitrogen and oxygen atoms in total. The van der Waals surface area contributed by atoms with Crippen molar-refractivity contribution in [1.82, 2.24) is 4.98 Å². The lowest BCUT2D eigenvalue weighted by molar-refractivity contribution is -0.127. The maximum absolute atomic E-state index is 11.9. The molecule has 0 aliphatic rings. The van der Waals surface area contributed by atoms with Crippen LogP contribution >= 0.6 is 0 Å². The predicted octanol–water partition coefficient (Wildman–Crippen LogP) is 1.65. The van der Waals surface area contributed by atoms with Gasteiger partial charge in [-0.15, -0.1) is 0 Å². The van der Waals surface area contributed by atoms with Gasteiger partial charge in [-0.3, -0.25) is 4.98 Å². The van der Waals surface area contributed by atoms with Gasteiger partial charge in [0.1, 0.15) is 0 Å². The van der Waals surface area contributed by atoms with Crippen molar-refractivity contribution in [2.75, 3.05) is 0 Å². The molecule has 13 heavy (non-hydrogen) atoms. The van der Waals surface area contributed by atoms with E-state index in [1.165, 1.54) is 12.3 Å². The highest BCUT2D eigenvalue weighted by molar-refractivity contribution is 5.16. The van der Waals surface area contributed by atoms with Crippen LogP contribution in [0.2, 0.25) is 0 Å². The average Bonchev–Trinajstić information content (AvgIpc) is 2.01. The van der Waals surface area contributed by atoms with E-state index in [9.17, 15) is 13.2 Å². The molecule has 0 radical (unpaired) electrons. The molecule has 0 spiro atoms. The monoisotopic (exact) mass is 190 g/mol. The third-order valence-corrected chi connectivity index (χ3v) is 1.50. The Labute approximate surface area is 73.6 Å². The minimum atomic E-state index is -4.21.